The van der Waals surface area contributed by atoms with Gasteiger partial charge in [0.25, 0.3) is 0 Å². The van der Waals surface area contributed by atoms with E-state index >= 15 is 0 Å². The molecule has 0 unspecified atom stereocenters. The van der Waals surface area contributed by atoms with Crippen molar-refractivity contribution in [3.05, 3.63) is 52.0 Å². The van der Waals surface area contributed by atoms with Gasteiger partial charge in [0.2, 0.25) is 5.89 Å². The first-order valence-electron chi connectivity index (χ1n) is 5.04. The number of halogens is 2. The lowest BCUT2D eigenvalue weighted by atomic mass is 10.2. The smallest absolute Gasteiger partial charge is 0.227 e. The van der Waals surface area contributed by atoms with Crippen molar-refractivity contribution in [3.63, 3.8) is 0 Å². The highest BCUT2D eigenvalue weighted by atomic mass is 79.9. The Morgan fingerprint density at radius 3 is 2.59 bits per heavy atom. The molecule has 17 heavy (non-hydrogen) atoms. The fourth-order valence-corrected chi connectivity index (χ4v) is 2.08. The lowest BCUT2D eigenvalue weighted by Gasteiger charge is -1.94. The van der Waals surface area contributed by atoms with Crippen LogP contribution in [0.2, 0.25) is 5.02 Å². The van der Waals surface area contributed by atoms with Crippen LogP contribution in [0, 0.1) is 0 Å². The summed E-state index contributed by atoms with van der Waals surface area (Å²) in [5.41, 5.74) is 2.53. The molecule has 1 heterocycles. The van der Waals surface area contributed by atoms with Crippen LogP contribution in [-0.4, -0.2) is 4.98 Å². The van der Waals surface area contributed by atoms with E-state index in [9.17, 15) is 0 Å². The molecule has 0 bridgehead atoms. The van der Waals surface area contributed by atoms with Crippen LogP contribution in [0.25, 0.3) is 22.6 Å². The third-order valence-corrected chi connectivity index (χ3v) is 3.19. The second-order valence-electron chi connectivity index (χ2n) is 3.64. The molecule has 84 valence electrons. The summed E-state index contributed by atoms with van der Waals surface area (Å²) in [5.74, 6) is 0.606. The minimum Gasteiger partial charge on any atom is -0.436 e. The van der Waals surface area contributed by atoms with Gasteiger partial charge in [-0.2, -0.15) is 0 Å². The zero-order valence-electron chi connectivity index (χ0n) is 8.65. The van der Waals surface area contributed by atoms with Crippen molar-refractivity contribution in [3.8, 4) is 11.5 Å². The van der Waals surface area contributed by atoms with Crippen LogP contribution in [-0.2, 0) is 0 Å². The van der Waals surface area contributed by atoms with Gasteiger partial charge in [-0.1, -0.05) is 27.5 Å². The maximum absolute atomic E-state index is 5.84. The Balaban J connectivity index is 2.14. The second kappa shape index (κ2) is 4.17. The number of aromatic nitrogens is 1. The molecule has 0 spiro atoms. The molecule has 0 atom stereocenters. The molecular weight excluding hydrogens is 302 g/mol. The molecule has 0 amide bonds. The van der Waals surface area contributed by atoms with Crippen LogP contribution in [0.3, 0.4) is 0 Å². The molecule has 0 aliphatic carbocycles. The Kier molecular flexibility index (Phi) is 2.65. The molecule has 3 aromatic rings. The minimum absolute atomic E-state index is 0.606. The monoisotopic (exact) mass is 307 g/mol. The number of fused-ring (bicyclic) bond motifs is 1. The Morgan fingerprint density at radius 2 is 1.82 bits per heavy atom. The van der Waals surface area contributed by atoms with Crippen LogP contribution in [0.1, 0.15) is 0 Å². The van der Waals surface area contributed by atoms with Gasteiger partial charge in [0.05, 0.1) is 0 Å². The predicted molar refractivity (Wildman–Crippen MR) is 72.2 cm³/mol. The summed E-state index contributed by atoms with van der Waals surface area (Å²) in [4.78, 5) is 4.42. The van der Waals surface area contributed by atoms with Gasteiger partial charge in [-0.25, -0.2) is 4.98 Å². The summed E-state index contributed by atoms with van der Waals surface area (Å²) < 4.78 is 6.67. The maximum atomic E-state index is 5.84. The van der Waals surface area contributed by atoms with Crippen molar-refractivity contribution >= 4 is 38.6 Å². The number of benzene rings is 2. The molecule has 0 N–H and O–H groups in total. The van der Waals surface area contributed by atoms with E-state index in [-0.39, 0.29) is 0 Å². The third-order valence-electron chi connectivity index (χ3n) is 2.44. The van der Waals surface area contributed by atoms with Gasteiger partial charge in [-0.3, -0.25) is 0 Å². The van der Waals surface area contributed by atoms with Crippen LogP contribution in [0.15, 0.2) is 51.4 Å². The standard InChI is InChI=1S/C13H7BrClNO/c14-9-3-6-11-12(7-9)17-13(16-11)8-1-4-10(15)5-2-8/h1-7H. The average molecular weight is 309 g/mol. The lowest BCUT2D eigenvalue weighted by Crippen LogP contribution is -1.75. The number of rotatable bonds is 1. The van der Waals surface area contributed by atoms with Gasteiger partial charge < -0.3 is 4.42 Å². The highest BCUT2D eigenvalue weighted by molar-refractivity contribution is 9.10. The van der Waals surface area contributed by atoms with E-state index in [1.54, 1.807) is 0 Å². The predicted octanol–water partition coefficient (Wildman–Crippen LogP) is 4.91. The normalized spacial score (nSPS) is 10.9. The molecule has 0 aliphatic heterocycles. The molecule has 4 heteroatoms. The summed E-state index contributed by atoms with van der Waals surface area (Å²) in [7, 11) is 0. The molecule has 2 nitrogen and oxygen atoms in total. The summed E-state index contributed by atoms with van der Waals surface area (Å²) >= 11 is 9.24. The van der Waals surface area contributed by atoms with Crippen LogP contribution < -0.4 is 0 Å². The molecule has 0 fully saturated rings. The summed E-state index contributed by atoms with van der Waals surface area (Å²) in [6, 6.07) is 13.2. The van der Waals surface area contributed by atoms with Crippen molar-refractivity contribution in [2.24, 2.45) is 0 Å². The van der Waals surface area contributed by atoms with Crippen LogP contribution >= 0.6 is 27.5 Å². The highest BCUT2D eigenvalue weighted by Gasteiger charge is 2.07. The molecule has 3 rings (SSSR count). The number of hydrogen-bond acceptors (Lipinski definition) is 2. The fraction of sp³-hybridized carbons (Fsp3) is 0. The number of hydrogen-bond donors (Lipinski definition) is 0. The Morgan fingerprint density at radius 1 is 1.06 bits per heavy atom. The summed E-state index contributed by atoms with van der Waals surface area (Å²) in [6.07, 6.45) is 0. The highest BCUT2D eigenvalue weighted by Crippen LogP contribution is 2.27. The molecular formula is C13H7BrClNO. The van der Waals surface area contributed by atoms with Gasteiger partial charge >= 0.3 is 0 Å². The first kappa shape index (κ1) is 10.8. The Hall–Kier alpha value is -1.32. The molecule has 0 radical (unpaired) electrons. The third kappa shape index (κ3) is 2.08. The van der Waals surface area contributed by atoms with E-state index in [4.69, 9.17) is 16.0 Å². The van der Waals surface area contributed by atoms with Gasteiger partial charge in [0.1, 0.15) is 5.52 Å². The van der Waals surface area contributed by atoms with E-state index in [2.05, 4.69) is 20.9 Å². The van der Waals surface area contributed by atoms with E-state index in [1.807, 2.05) is 42.5 Å². The molecule has 0 aliphatic rings. The average Bonchev–Trinajstić information content (AvgIpc) is 2.72. The van der Waals surface area contributed by atoms with Crippen molar-refractivity contribution in [1.82, 2.24) is 4.98 Å². The summed E-state index contributed by atoms with van der Waals surface area (Å²) in [5, 5.41) is 0.701. The number of nitrogens with zero attached hydrogens (tertiary/aromatic N) is 1. The number of oxazole rings is 1. The van der Waals surface area contributed by atoms with Crippen molar-refractivity contribution in [2.45, 2.75) is 0 Å². The maximum Gasteiger partial charge on any atom is 0.227 e. The second-order valence-corrected chi connectivity index (χ2v) is 4.99. The Labute approximate surface area is 111 Å². The molecule has 2 aromatic carbocycles. The van der Waals surface area contributed by atoms with E-state index in [1.165, 1.54) is 0 Å². The Bertz CT molecular complexity index is 675. The van der Waals surface area contributed by atoms with Gasteiger partial charge in [-0.05, 0) is 42.5 Å². The van der Waals surface area contributed by atoms with Gasteiger partial charge in [0, 0.05) is 15.1 Å². The first-order chi connectivity index (χ1) is 8.22. The quantitative estimate of drug-likeness (QED) is 0.638. The topological polar surface area (TPSA) is 26.0 Å². The molecule has 0 saturated heterocycles. The molecule has 1 aromatic heterocycles. The lowest BCUT2D eigenvalue weighted by molar-refractivity contribution is 0.619. The first-order valence-corrected chi connectivity index (χ1v) is 6.21. The van der Waals surface area contributed by atoms with Crippen molar-refractivity contribution in [1.29, 1.82) is 0 Å². The van der Waals surface area contributed by atoms with E-state index in [0.29, 0.717) is 10.9 Å². The van der Waals surface area contributed by atoms with Crippen LogP contribution in [0.5, 0.6) is 0 Å². The largest absolute Gasteiger partial charge is 0.436 e. The fourth-order valence-electron chi connectivity index (χ4n) is 1.61. The SMILES string of the molecule is Clc1ccc(-c2nc3ccc(Br)cc3o2)cc1. The van der Waals surface area contributed by atoms with E-state index in [0.717, 1.165) is 21.1 Å². The van der Waals surface area contributed by atoms with Crippen molar-refractivity contribution < 1.29 is 4.42 Å². The van der Waals surface area contributed by atoms with Gasteiger partial charge in [0.15, 0.2) is 5.58 Å². The summed E-state index contributed by atoms with van der Waals surface area (Å²) in [6.45, 7) is 0. The van der Waals surface area contributed by atoms with Crippen LogP contribution in [0.4, 0.5) is 0 Å². The van der Waals surface area contributed by atoms with E-state index < -0.39 is 0 Å². The molecule has 0 saturated carbocycles. The zero-order valence-corrected chi connectivity index (χ0v) is 11.0. The minimum atomic E-state index is 0.606. The zero-order chi connectivity index (χ0) is 11.8. The van der Waals surface area contributed by atoms with Gasteiger partial charge in [-0.15, -0.1) is 0 Å². The van der Waals surface area contributed by atoms with Crippen molar-refractivity contribution in [2.75, 3.05) is 0 Å².